The molecule has 2 heterocycles. The van der Waals surface area contributed by atoms with Crippen molar-refractivity contribution in [3.63, 3.8) is 0 Å². The van der Waals surface area contributed by atoms with Crippen LogP contribution in [0.4, 0.5) is 4.79 Å². The molecule has 0 radical (unpaired) electrons. The number of hydrogen-bond acceptors (Lipinski definition) is 4. The Balaban J connectivity index is 1.40. The number of likely N-dealkylation sites (tertiary alicyclic amines) is 1. The molecule has 1 aromatic rings. The topological polar surface area (TPSA) is 79.9 Å². The normalized spacial score (nSPS) is 31.3. The number of nitrogens with one attached hydrogen (secondary N) is 2. The van der Waals surface area contributed by atoms with E-state index in [9.17, 15) is 9.59 Å². The highest BCUT2D eigenvalue weighted by Crippen LogP contribution is 2.35. The third-order valence-electron chi connectivity index (χ3n) is 7.04. The summed E-state index contributed by atoms with van der Waals surface area (Å²) in [7, 11) is 0. The van der Waals surface area contributed by atoms with Gasteiger partial charge in [-0.15, -0.1) is 0 Å². The molecule has 3 fully saturated rings. The van der Waals surface area contributed by atoms with E-state index in [-0.39, 0.29) is 30.7 Å². The number of benzene rings is 1. The van der Waals surface area contributed by atoms with E-state index in [1.807, 2.05) is 11.8 Å². The van der Waals surface area contributed by atoms with Gasteiger partial charge in [-0.25, -0.2) is 4.79 Å². The van der Waals surface area contributed by atoms with Gasteiger partial charge in [-0.3, -0.25) is 4.79 Å². The Hall–Kier alpha value is -2.12. The van der Waals surface area contributed by atoms with E-state index >= 15 is 0 Å². The fourth-order valence-electron chi connectivity index (χ4n) is 5.44. The van der Waals surface area contributed by atoms with Gasteiger partial charge in [0.15, 0.2) is 0 Å². The van der Waals surface area contributed by atoms with Crippen molar-refractivity contribution in [2.75, 3.05) is 32.9 Å². The predicted molar refractivity (Wildman–Crippen MR) is 118 cm³/mol. The summed E-state index contributed by atoms with van der Waals surface area (Å²) < 4.78 is 12.0. The minimum atomic E-state index is -0.570. The van der Waals surface area contributed by atoms with Gasteiger partial charge >= 0.3 is 6.03 Å². The van der Waals surface area contributed by atoms with Crippen molar-refractivity contribution >= 4 is 11.9 Å². The largest absolute Gasteiger partial charge is 0.376 e. The Morgan fingerprint density at radius 3 is 2.74 bits per heavy atom. The van der Waals surface area contributed by atoms with Gasteiger partial charge in [0.1, 0.15) is 6.61 Å². The van der Waals surface area contributed by atoms with Gasteiger partial charge in [0.25, 0.3) is 0 Å². The average Bonchev–Trinajstić information content (AvgIpc) is 2.79. The first kappa shape index (κ1) is 22.1. The number of hydrogen-bond donors (Lipinski definition) is 2. The lowest BCUT2D eigenvalue weighted by molar-refractivity contribution is -0.143. The second-order valence-corrected chi connectivity index (χ2v) is 9.06. The Morgan fingerprint density at radius 1 is 1.26 bits per heavy atom. The Bertz CT molecular complexity index is 746. The summed E-state index contributed by atoms with van der Waals surface area (Å²) in [5.41, 5.74) is 0.844. The maximum absolute atomic E-state index is 12.8. The number of carbonyl (C=O) groups is 2. The zero-order valence-electron chi connectivity index (χ0n) is 18.5. The highest BCUT2D eigenvalue weighted by Gasteiger charge is 2.49. The molecule has 7 heteroatoms. The van der Waals surface area contributed by atoms with E-state index in [0.29, 0.717) is 32.2 Å². The van der Waals surface area contributed by atoms with Gasteiger partial charge in [-0.05, 0) is 56.9 Å². The quantitative estimate of drug-likeness (QED) is 0.754. The Kier molecular flexibility index (Phi) is 7.13. The van der Waals surface area contributed by atoms with E-state index in [4.69, 9.17) is 9.47 Å². The monoisotopic (exact) mass is 429 g/mol. The van der Waals surface area contributed by atoms with Crippen LogP contribution >= 0.6 is 0 Å². The van der Waals surface area contributed by atoms with Crippen molar-refractivity contribution in [3.05, 3.63) is 35.9 Å². The molecular weight excluding hydrogens is 394 g/mol. The second-order valence-electron chi connectivity index (χ2n) is 9.06. The van der Waals surface area contributed by atoms with Crippen LogP contribution in [0.2, 0.25) is 0 Å². The Labute approximate surface area is 184 Å². The molecule has 1 spiro atoms. The second kappa shape index (κ2) is 10.0. The smallest absolute Gasteiger partial charge is 0.317 e. The molecule has 170 valence electrons. The molecule has 31 heavy (non-hydrogen) atoms. The van der Waals surface area contributed by atoms with Crippen LogP contribution in [-0.4, -0.2) is 67.4 Å². The number of urea groups is 1. The van der Waals surface area contributed by atoms with Gasteiger partial charge in [-0.2, -0.15) is 0 Å². The van der Waals surface area contributed by atoms with Crippen LogP contribution in [0.25, 0.3) is 0 Å². The lowest BCUT2D eigenvalue weighted by Crippen LogP contribution is -2.72. The van der Waals surface area contributed by atoms with Crippen LogP contribution < -0.4 is 10.6 Å². The van der Waals surface area contributed by atoms with Crippen molar-refractivity contribution in [2.24, 2.45) is 0 Å². The average molecular weight is 430 g/mol. The van der Waals surface area contributed by atoms with Crippen LogP contribution in [0.3, 0.4) is 0 Å². The van der Waals surface area contributed by atoms with Crippen molar-refractivity contribution in [3.8, 4) is 0 Å². The minimum Gasteiger partial charge on any atom is -0.376 e. The molecule has 3 aliphatic rings. The summed E-state index contributed by atoms with van der Waals surface area (Å²) >= 11 is 0. The van der Waals surface area contributed by atoms with E-state index < -0.39 is 5.54 Å². The number of nitrogens with zero attached hydrogens (tertiary/aromatic N) is 1. The highest BCUT2D eigenvalue weighted by atomic mass is 16.5. The number of rotatable bonds is 5. The molecule has 1 aliphatic carbocycles. The minimum absolute atomic E-state index is 0.0833. The summed E-state index contributed by atoms with van der Waals surface area (Å²) in [6, 6.07) is 10.4. The highest BCUT2D eigenvalue weighted by molar-refractivity contribution is 5.80. The predicted octanol–water partition coefficient (Wildman–Crippen LogP) is 2.81. The number of piperidine rings is 1. The summed E-state index contributed by atoms with van der Waals surface area (Å²) in [5, 5.41) is 6.08. The molecule has 2 saturated heterocycles. The summed E-state index contributed by atoms with van der Waals surface area (Å²) in [5.74, 6) is 0.484. The van der Waals surface area contributed by atoms with E-state index in [1.165, 1.54) is 5.56 Å². The van der Waals surface area contributed by atoms with E-state index in [2.05, 4.69) is 41.0 Å². The number of amides is 3. The van der Waals surface area contributed by atoms with Gasteiger partial charge in [0, 0.05) is 13.1 Å². The first-order valence-corrected chi connectivity index (χ1v) is 11.7. The first-order chi connectivity index (χ1) is 15.1. The van der Waals surface area contributed by atoms with Crippen LogP contribution in [0, 0.1) is 0 Å². The molecule has 2 atom stereocenters. The molecule has 3 amide bonds. The summed E-state index contributed by atoms with van der Waals surface area (Å²) in [4.78, 5) is 26.8. The molecule has 0 aromatic heterocycles. The third kappa shape index (κ3) is 5.04. The van der Waals surface area contributed by atoms with E-state index in [1.54, 1.807) is 0 Å². The van der Waals surface area contributed by atoms with Gasteiger partial charge in [0.05, 0.1) is 30.9 Å². The fourth-order valence-corrected chi connectivity index (χ4v) is 5.44. The maximum Gasteiger partial charge on any atom is 0.317 e. The molecule has 0 unspecified atom stereocenters. The van der Waals surface area contributed by atoms with Gasteiger partial charge < -0.3 is 25.0 Å². The van der Waals surface area contributed by atoms with E-state index in [0.717, 1.165) is 38.5 Å². The lowest BCUT2D eigenvalue weighted by atomic mass is 9.80. The molecule has 1 aromatic carbocycles. The van der Waals surface area contributed by atoms with Crippen molar-refractivity contribution in [1.29, 1.82) is 0 Å². The molecule has 2 N–H and O–H groups in total. The van der Waals surface area contributed by atoms with Crippen molar-refractivity contribution in [2.45, 2.75) is 69.1 Å². The lowest BCUT2D eigenvalue weighted by Gasteiger charge is -2.51. The number of morpholine rings is 1. The van der Waals surface area contributed by atoms with Crippen LogP contribution in [0.5, 0.6) is 0 Å². The number of carbonyl (C=O) groups excluding carboxylic acids is 2. The molecule has 2 aliphatic heterocycles. The maximum atomic E-state index is 12.8. The van der Waals surface area contributed by atoms with Crippen LogP contribution in [0.1, 0.15) is 56.9 Å². The molecule has 1 saturated carbocycles. The SMILES string of the molecule is CCNC(=O)N1CCC[C@]2(COCC(=O)N2)[C@H]1COC1CCC(c2ccccc2)CC1. The molecule has 7 nitrogen and oxygen atoms in total. The number of ether oxygens (including phenoxy) is 2. The van der Waals surface area contributed by atoms with Crippen LogP contribution in [-0.2, 0) is 14.3 Å². The zero-order chi connectivity index (χ0) is 21.7. The van der Waals surface area contributed by atoms with Crippen molar-refractivity contribution in [1.82, 2.24) is 15.5 Å². The zero-order valence-corrected chi connectivity index (χ0v) is 18.5. The third-order valence-corrected chi connectivity index (χ3v) is 7.04. The standard InChI is InChI=1S/C24H35N3O4/c1-2-25-23(29)27-14-6-13-24(17-30-16-22(28)26-24)21(27)15-31-20-11-9-19(10-12-20)18-7-4-3-5-8-18/h3-5,7-8,19-21H,2,6,9-17H2,1H3,(H,25,29)(H,26,28)/t19?,20?,21-,24+/m1/s1. The molecule has 4 rings (SSSR count). The van der Waals surface area contributed by atoms with Gasteiger partial charge in [0.2, 0.25) is 5.91 Å². The van der Waals surface area contributed by atoms with Crippen LogP contribution in [0.15, 0.2) is 30.3 Å². The summed E-state index contributed by atoms with van der Waals surface area (Å²) in [6.45, 7) is 4.07. The van der Waals surface area contributed by atoms with Crippen molar-refractivity contribution < 1.29 is 19.1 Å². The first-order valence-electron chi connectivity index (χ1n) is 11.7. The summed E-state index contributed by atoms with van der Waals surface area (Å²) in [6.07, 6.45) is 6.08. The molecule has 0 bridgehead atoms. The molecular formula is C24H35N3O4. The van der Waals surface area contributed by atoms with Gasteiger partial charge in [-0.1, -0.05) is 30.3 Å². The fraction of sp³-hybridized carbons (Fsp3) is 0.667. The Morgan fingerprint density at radius 2 is 2.03 bits per heavy atom.